The highest BCUT2D eigenvalue weighted by molar-refractivity contribution is 5.85. The van der Waals surface area contributed by atoms with E-state index in [-0.39, 0.29) is 17.2 Å². The maximum atomic E-state index is 11.6. The molecule has 0 aromatic rings. The fourth-order valence-corrected chi connectivity index (χ4v) is 1.62. The minimum absolute atomic E-state index is 0.0450. The first kappa shape index (κ1) is 10.0. The van der Waals surface area contributed by atoms with Gasteiger partial charge >= 0.3 is 0 Å². The number of hydrogen-bond acceptors (Lipinski definition) is 2. The van der Waals surface area contributed by atoms with Gasteiger partial charge < -0.3 is 0 Å². The van der Waals surface area contributed by atoms with Crippen LogP contribution in [0.1, 0.15) is 39.5 Å². The molecule has 1 aliphatic carbocycles. The molecule has 1 aliphatic rings. The zero-order valence-corrected chi connectivity index (χ0v) is 8.14. The normalized spacial score (nSPS) is 18.6. The number of hydrazine groups is 1. The molecule has 13 heavy (non-hydrogen) atoms. The maximum Gasteiger partial charge on any atom is 0.244 e. The van der Waals surface area contributed by atoms with Gasteiger partial charge in [0, 0.05) is 6.92 Å². The molecule has 0 aromatic heterocycles. The molecule has 0 bridgehead atoms. The third-order valence-corrected chi connectivity index (χ3v) is 2.82. The quantitative estimate of drug-likeness (QED) is 0.622. The van der Waals surface area contributed by atoms with Crippen molar-refractivity contribution >= 4 is 11.8 Å². The van der Waals surface area contributed by atoms with Gasteiger partial charge in [-0.3, -0.25) is 20.4 Å². The van der Waals surface area contributed by atoms with E-state index in [1.54, 1.807) is 0 Å². The molecule has 0 aliphatic heterocycles. The molecule has 0 heterocycles. The Labute approximate surface area is 78.0 Å². The molecule has 74 valence electrons. The highest BCUT2D eigenvalue weighted by atomic mass is 16.2. The van der Waals surface area contributed by atoms with Crippen molar-refractivity contribution in [2.45, 2.75) is 39.5 Å². The van der Waals surface area contributed by atoms with Crippen LogP contribution in [-0.2, 0) is 9.59 Å². The Balaban J connectivity index is 2.41. The first-order chi connectivity index (χ1) is 6.10. The molecule has 0 atom stereocenters. The second-order valence-electron chi connectivity index (χ2n) is 3.62. The Kier molecular flexibility index (Phi) is 2.90. The van der Waals surface area contributed by atoms with E-state index in [0.717, 1.165) is 25.7 Å². The number of nitrogens with one attached hydrogen (secondary N) is 2. The van der Waals surface area contributed by atoms with Crippen LogP contribution in [0.25, 0.3) is 0 Å². The van der Waals surface area contributed by atoms with Gasteiger partial charge in [0.2, 0.25) is 11.8 Å². The number of rotatable bonds is 2. The predicted molar refractivity (Wildman–Crippen MR) is 48.5 cm³/mol. The van der Waals surface area contributed by atoms with E-state index >= 15 is 0 Å². The van der Waals surface area contributed by atoms with E-state index < -0.39 is 0 Å². The van der Waals surface area contributed by atoms with Gasteiger partial charge in [-0.05, 0) is 19.3 Å². The van der Waals surface area contributed by atoms with E-state index in [0.29, 0.717) is 0 Å². The molecule has 2 N–H and O–H groups in total. The summed E-state index contributed by atoms with van der Waals surface area (Å²) in [5.74, 6) is -0.282. The van der Waals surface area contributed by atoms with Crippen LogP contribution in [0.15, 0.2) is 0 Å². The number of amides is 2. The van der Waals surface area contributed by atoms with Crippen LogP contribution in [0.3, 0.4) is 0 Å². The van der Waals surface area contributed by atoms with Crippen LogP contribution in [0.4, 0.5) is 0 Å². The Hall–Kier alpha value is -1.06. The van der Waals surface area contributed by atoms with Crippen molar-refractivity contribution < 1.29 is 9.59 Å². The van der Waals surface area contributed by atoms with Crippen LogP contribution in [-0.4, -0.2) is 11.8 Å². The molecule has 0 saturated heterocycles. The Morgan fingerprint density at radius 2 is 1.92 bits per heavy atom. The van der Waals surface area contributed by atoms with E-state index in [1.807, 2.05) is 6.92 Å². The van der Waals surface area contributed by atoms with Gasteiger partial charge in [-0.2, -0.15) is 0 Å². The van der Waals surface area contributed by atoms with E-state index in [4.69, 9.17) is 0 Å². The molecule has 0 spiro atoms. The molecule has 0 unspecified atom stereocenters. The predicted octanol–water partition coefficient (Wildman–Crippen LogP) is 0.734. The summed E-state index contributed by atoms with van der Waals surface area (Å²) in [4.78, 5) is 22.1. The van der Waals surface area contributed by atoms with Crippen molar-refractivity contribution in [2.24, 2.45) is 5.41 Å². The topological polar surface area (TPSA) is 58.2 Å². The average molecular weight is 184 g/mol. The van der Waals surface area contributed by atoms with Crippen LogP contribution in [0, 0.1) is 5.41 Å². The maximum absolute atomic E-state index is 11.6. The summed E-state index contributed by atoms with van der Waals surface area (Å²) in [5, 5.41) is 0. The van der Waals surface area contributed by atoms with E-state index in [1.165, 1.54) is 6.92 Å². The van der Waals surface area contributed by atoms with Crippen LogP contribution >= 0.6 is 0 Å². The van der Waals surface area contributed by atoms with Gasteiger partial charge in [0.25, 0.3) is 0 Å². The summed E-state index contributed by atoms with van der Waals surface area (Å²) in [6.07, 6.45) is 3.84. The average Bonchev–Trinajstić information content (AvgIpc) is 2.00. The lowest BCUT2D eigenvalue weighted by molar-refractivity contribution is -0.139. The largest absolute Gasteiger partial charge is 0.274 e. The van der Waals surface area contributed by atoms with Crippen molar-refractivity contribution in [1.29, 1.82) is 0 Å². The summed E-state index contributed by atoms with van der Waals surface area (Å²) in [5.41, 5.74) is 4.55. The number of hydrogen-bond donors (Lipinski definition) is 2. The third-order valence-electron chi connectivity index (χ3n) is 2.82. The molecule has 1 fully saturated rings. The Morgan fingerprint density at radius 3 is 2.23 bits per heavy atom. The zero-order chi connectivity index (χ0) is 9.90. The summed E-state index contributed by atoms with van der Waals surface area (Å²) >= 11 is 0. The first-order valence-electron chi connectivity index (χ1n) is 4.68. The second kappa shape index (κ2) is 3.77. The molecule has 0 radical (unpaired) electrons. The fourth-order valence-electron chi connectivity index (χ4n) is 1.62. The van der Waals surface area contributed by atoms with Crippen molar-refractivity contribution in [3.05, 3.63) is 0 Å². The summed E-state index contributed by atoms with van der Waals surface area (Å²) in [7, 11) is 0. The van der Waals surface area contributed by atoms with Crippen molar-refractivity contribution in [3.8, 4) is 0 Å². The molecule has 4 heteroatoms. The molecule has 2 amide bonds. The zero-order valence-electron chi connectivity index (χ0n) is 8.14. The lowest BCUT2D eigenvalue weighted by atomic mass is 9.66. The molecule has 0 aromatic carbocycles. The standard InChI is InChI=1S/C9H16N2O2/c1-3-9(5-4-6-9)8(13)11-10-7(2)12/h3-6H2,1-2H3,(H,10,12)(H,11,13). The molecular formula is C9H16N2O2. The van der Waals surface area contributed by atoms with E-state index in [2.05, 4.69) is 10.9 Å². The minimum atomic E-state index is -0.237. The van der Waals surface area contributed by atoms with Crippen LogP contribution in [0.2, 0.25) is 0 Å². The fraction of sp³-hybridized carbons (Fsp3) is 0.778. The van der Waals surface area contributed by atoms with E-state index in [9.17, 15) is 9.59 Å². The summed E-state index contributed by atoms with van der Waals surface area (Å²) < 4.78 is 0. The van der Waals surface area contributed by atoms with Gasteiger partial charge in [-0.15, -0.1) is 0 Å². The van der Waals surface area contributed by atoms with Gasteiger partial charge in [-0.25, -0.2) is 0 Å². The van der Waals surface area contributed by atoms with Crippen molar-refractivity contribution in [3.63, 3.8) is 0 Å². The Morgan fingerprint density at radius 1 is 1.31 bits per heavy atom. The van der Waals surface area contributed by atoms with Gasteiger partial charge in [0.15, 0.2) is 0 Å². The minimum Gasteiger partial charge on any atom is -0.274 e. The summed E-state index contributed by atoms with van der Waals surface area (Å²) in [6.45, 7) is 3.38. The van der Waals surface area contributed by atoms with Gasteiger partial charge in [0.05, 0.1) is 5.41 Å². The van der Waals surface area contributed by atoms with Gasteiger partial charge in [0.1, 0.15) is 0 Å². The highest BCUT2D eigenvalue weighted by Crippen LogP contribution is 2.43. The molecule has 1 rings (SSSR count). The lowest BCUT2D eigenvalue weighted by Crippen LogP contribution is -2.51. The van der Waals surface area contributed by atoms with Gasteiger partial charge in [-0.1, -0.05) is 13.3 Å². The monoisotopic (exact) mass is 184 g/mol. The number of carbonyl (C=O) groups excluding carboxylic acids is 2. The molecule has 1 saturated carbocycles. The van der Waals surface area contributed by atoms with Crippen LogP contribution in [0.5, 0.6) is 0 Å². The third kappa shape index (κ3) is 1.99. The smallest absolute Gasteiger partial charge is 0.244 e. The molecule has 4 nitrogen and oxygen atoms in total. The van der Waals surface area contributed by atoms with Crippen molar-refractivity contribution in [2.75, 3.05) is 0 Å². The molecular weight excluding hydrogens is 168 g/mol. The Bertz CT molecular complexity index is 216. The van der Waals surface area contributed by atoms with Crippen molar-refractivity contribution in [1.82, 2.24) is 10.9 Å². The summed E-state index contributed by atoms with van der Waals surface area (Å²) in [6, 6.07) is 0. The second-order valence-corrected chi connectivity index (χ2v) is 3.62. The highest BCUT2D eigenvalue weighted by Gasteiger charge is 2.42. The first-order valence-corrected chi connectivity index (χ1v) is 4.68. The number of carbonyl (C=O) groups is 2. The van der Waals surface area contributed by atoms with Crippen LogP contribution < -0.4 is 10.9 Å². The lowest BCUT2D eigenvalue weighted by Gasteiger charge is -2.39. The SMILES string of the molecule is CCC1(C(=O)NNC(C)=O)CCC1.